The summed E-state index contributed by atoms with van der Waals surface area (Å²) in [6.45, 7) is 1.96. The van der Waals surface area contributed by atoms with Crippen LogP contribution in [-0.4, -0.2) is 9.97 Å². The highest BCUT2D eigenvalue weighted by Crippen LogP contribution is 2.35. The fourth-order valence-corrected chi connectivity index (χ4v) is 3.27. The van der Waals surface area contributed by atoms with Crippen LogP contribution >= 0.6 is 50.7 Å². The molecule has 2 nitrogen and oxygen atoms in total. The maximum Gasteiger partial charge on any atom is 0.111 e. The molecule has 0 aliphatic carbocycles. The number of H-pyrrole nitrogens is 1. The zero-order chi connectivity index (χ0) is 16.6. The second-order valence-corrected chi connectivity index (χ2v) is 7.34. The predicted octanol–water partition coefficient (Wildman–Crippen LogP) is 6.70. The Balaban J connectivity index is 1.95. The minimum absolute atomic E-state index is 0.434. The van der Waals surface area contributed by atoms with Gasteiger partial charge >= 0.3 is 0 Å². The van der Waals surface area contributed by atoms with Gasteiger partial charge in [-0.1, -0.05) is 62.9 Å². The molecular formula is C17H12BrCl3N2. The summed E-state index contributed by atoms with van der Waals surface area (Å²) in [5.41, 5.74) is 3.68. The number of aromatic nitrogens is 2. The van der Waals surface area contributed by atoms with Gasteiger partial charge in [-0.3, -0.25) is 0 Å². The number of imidazole rings is 1. The number of halogens is 4. The molecule has 0 aliphatic heterocycles. The highest BCUT2D eigenvalue weighted by molar-refractivity contribution is 9.10. The van der Waals surface area contributed by atoms with Crippen LogP contribution in [0.4, 0.5) is 0 Å². The van der Waals surface area contributed by atoms with E-state index >= 15 is 0 Å². The standard InChI is InChI=1S/C17H12BrCl3N2/c1-9-17(12-7-14(20)15(21)8-13(12)19)23-16(22-9)6-10-2-4-11(18)5-3-10/h2-5,7-8H,6H2,1H3,(H,22,23). The van der Waals surface area contributed by atoms with Gasteiger partial charge in [-0.25, -0.2) is 4.98 Å². The molecule has 0 unspecified atom stereocenters. The van der Waals surface area contributed by atoms with Crippen LogP contribution in [0.5, 0.6) is 0 Å². The molecule has 0 fully saturated rings. The molecule has 0 aliphatic rings. The van der Waals surface area contributed by atoms with Crippen LogP contribution in [0.15, 0.2) is 40.9 Å². The molecule has 0 amide bonds. The van der Waals surface area contributed by atoms with Crippen LogP contribution in [0.25, 0.3) is 11.3 Å². The lowest BCUT2D eigenvalue weighted by Crippen LogP contribution is -1.90. The number of aromatic amines is 1. The van der Waals surface area contributed by atoms with Crippen molar-refractivity contribution in [2.45, 2.75) is 13.3 Å². The topological polar surface area (TPSA) is 28.7 Å². The van der Waals surface area contributed by atoms with Gasteiger partial charge < -0.3 is 4.98 Å². The molecule has 0 atom stereocenters. The second-order valence-electron chi connectivity index (χ2n) is 5.21. The number of hydrogen-bond acceptors (Lipinski definition) is 1. The van der Waals surface area contributed by atoms with Crippen LogP contribution in [-0.2, 0) is 6.42 Å². The zero-order valence-corrected chi connectivity index (χ0v) is 16.0. The summed E-state index contributed by atoms with van der Waals surface area (Å²) in [7, 11) is 0. The summed E-state index contributed by atoms with van der Waals surface area (Å²) in [5.74, 6) is 0.877. The van der Waals surface area contributed by atoms with Gasteiger partial charge in [0.15, 0.2) is 0 Å². The van der Waals surface area contributed by atoms with E-state index < -0.39 is 0 Å². The largest absolute Gasteiger partial charge is 0.345 e. The van der Waals surface area contributed by atoms with Crippen molar-refractivity contribution in [1.29, 1.82) is 0 Å². The molecule has 0 saturated heterocycles. The Hall–Kier alpha value is -1.000. The van der Waals surface area contributed by atoms with Crippen LogP contribution < -0.4 is 0 Å². The molecule has 0 bridgehead atoms. The van der Waals surface area contributed by atoms with Crippen molar-refractivity contribution in [1.82, 2.24) is 9.97 Å². The van der Waals surface area contributed by atoms with Gasteiger partial charge in [0.1, 0.15) is 5.82 Å². The van der Waals surface area contributed by atoms with E-state index in [-0.39, 0.29) is 0 Å². The Morgan fingerprint density at radius 1 is 1.00 bits per heavy atom. The highest BCUT2D eigenvalue weighted by Gasteiger charge is 2.14. The number of benzene rings is 2. The first-order chi connectivity index (χ1) is 10.9. The first-order valence-electron chi connectivity index (χ1n) is 6.89. The van der Waals surface area contributed by atoms with E-state index in [1.807, 2.05) is 19.1 Å². The van der Waals surface area contributed by atoms with E-state index in [1.165, 1.54) is 5.56 Å². The predicted molar refractivity (Wildman–Crippen MR) is 101 cm³/mol. The smallest absolute Gasteiger partial charge is 0.111 e. The van der Waals surface area contributed by atoms with Gasteiger partial charge in [-0.2, -0.15) is 0 Å². The highest BCUT2D eigenvalue weighted by atomic mass is 79.9. The van der Waals surface area contributed by atoms with E-state index in [4.69, 9.17) is 34.8 Å². The van der Waals surface area contributed by atoms with E-state index in [0.29, 0.717) is 21.5 Å². The molecule has 23 heavy (non-hydrogen) atoms. The average molecular weight is 431 g/mol. The maximum absolute atomic E-state index is 6.29. The van der Waals surface area contributed by atoms with Gasteiger partial charge in [0.2, 0.25) is 0 Å². The van der Waals surface area contributed by atoms with Crippen molar-refractivity contribution in [2.24, 2.45) is 0 Å². The van der Waals surface area contributed by atoms with Crippen LogP contribution in [0, 0.1) is 6.92 Å². The van der Waals surface area contributed by atoms with Crippen molar-refractivity contribution < 1.29 is 0 Å². The van der Waals surface area contributed by atoms with Crippen molar-refractivity contribution in [3.8, 4) is 11.3 Å². The summed E-state index contributed by atoms with van der Waals surface area (Å²) < 4.78 is 1.06. The molecule has 2 aromatic carbocycles. The third kappa shape index (κ3) is 3.74. The maximum atomic E-state index is 6.29. The summed E-state index contributed by atoms with van der Waals surface area (Å²) in [5, 5.41) is 1.43. The third-order valence-electron chi connectivity index (χ3n) is 3.48. The number of hydrogen-bond donors (Lipinski definition) is 1. The Kier molecular flexibility index (Phi) is 5.02. The van der Waals surface area contributed by atoms with E-state index in [0.717, 1.165) is 27.2 Å². The molecule has 6 heteroatoms. The Morgan fingerprint density at radius 3 is 2.35 bits per heavy atom. The minimum atomic E-state index is 0.434. The Morgan fingerprint density at radius 2 is 1.65 bits per heavy atom. The molecular weight excluding hydrogens is 418 g/mol. The molecule has 1 heterocycles. The molecule has 3 rings (SSSR count). The normalized spacial score (nSPS) is 11.0. The lowest BCUT2D eigenvalue weighted by atomic mass is 10.1. The van der Waals surface area contributed by atoms with Crippen molar-refractivity contribution in [3.05, 3.63) is 73.0 Å². The number of rotatable bonds is 3. The summed E-state index contributed by atoms with van der Waals surface area (Å²) >= 11 is 21.8. The lowest BCUT2D eigenvalue weighted by Gasteiger charge is -2.04. The van der Waals surface area contributed by atoms with Crippen molar-refractivity contribution in [3.63, 3.8) is 0 Å². The average Bonchev–Trinajstić information content (AvgIpc) is 2.86. The number of nitrogens with one attached hydrogen (secondary N) is 1. The summed E-state index contributed by atoms with van der Waals surface area (Å²) in [6, 6.07) is 11.5. The Bertz CT molecular complexity index is 857. The third-order valence-corrected chi connectivity index (χ3v) is 5.05. The molecule has 118 valence electrons. The molecule has 3 aromatic rings. The molecule has 1 N–H and O–H groups in total. The lowest BCUT2D eigenvalue weighted by molar-refractivity contribution is 1.02. The quantitative estimate of drug-likeness (QED) is 0.460. The summed E-state index contributed by atoms with van der Waals surface area (Å²) in [6.07, 6.45) is 0.715. The van der Waals surface area contributed by atoms with E-state index in [2.05, 4.69) is 38.0 Å². The number of nitrogens with zero attached hydrogens (tertiary/aromatic N) is 1. The van der Waals surface area contributed by atoms with Crippen molar-refractivity contribution in [2.75, 3.05) is 0 Å². The van der Waals surface area contributed by atoms with E-state index in [1.54, 1.807) is 12.1 Å². The van der Waals surface area contributed by atoms with Crippen molar-refractivity contribution >= 4 is 50.7 Å². The first kappa shape index (κ1) is 16.8. The first-order valence-corrected chi connectivity index (χ1v) is 8.81. The SMILES string of the molecule is Cc1[nH]c(Cc2ccc(Br)cc2)nc1-c1cc(Cl)c(Cl)cc1Cl. The fourth-order valence-electron chi connectivity index (χ4n) is 2.37. The van der Waals surface area contributed by atoms with Gasteiger partial charge in [0.05, 0.1) is 20.8 Å². The molecule has 0 spiro atoms. The van der Waals surface area contributed by atoms with Gasteiger partial charge in [0, 0.05) is 22.2 Å². The monoisotopic (exact) mass is 428 g/mol. The number of aryl methyl sites for hydroxylation is 1. The summed E-state index contributed by atoms with van der Waals surface area (Å²) in [4.78, 5) is 7.99. The molecule has 0 radical (unpaired) electrons. The van der Waals surface area contributed by atoms with Gasteiger partial charge in [-0.05, 0) is 36.8 Å². The minimum Gasteiger partial charge on any atom is -0.345 e. The second kappa shape index (κ2) is 6.86. The van der Waals surface area contributed by atoms with Gasteiger partial charge in [0.25, 0.3) is 0 Å². The van der Waals surface area contributed by atoms with Crippen LogP contribution in [0.3, 0.4) is 0 Å². The van der Waals surface area contributed by atoms with Crippen LogP contribution in [0.1, 0.15) is 17.1 Å². The Labute approximate surface area is 157 Å². The van der Waals surface area contributed by atoms with Gasteiger partial charge in [-0.15, -0.1) is 0 Å². The molecule has 1 aromatic heterocycles. The zero-order valence-electron chi connectivity index (χ0n) is 12.1. The van der Waals surface area contributed by atoms with Crippen LogP contribution in [0.2, 0.25) is 15.1 Å². The molecule has 0 saturated carbocycles. The van der Waals surface area contributed by atoms with E-state index in [9.17, 15) is 0 Å². The fraction of sp³-hybridized carbons (Fsp3) is 0.118.